The number of anilines is 1. The molecule has 7 nitrogen and oxygen atoms in total. The molecule has 0 bridgehead atoms. The van der Waals surface area contributed by atoms with Crippen molar-refractivity contribution in [2.75, 3.05) is 18.0 Å². The van der Waals surface area contributed by atoms with Crippen LogP contribution >= 0.6 is 0 Å². The standard InChI is InChI=1S/C14H25N5O2/c1-17-13(20)12(16-18(2)14(17)21)19(10-6-9-15)11-7-4-3-5-8-11/h11H,3-10,15H2,1-2H3. The third-order valence-electron chi connectivity index (χ3n) is 4.20. The van der Waals surface area contributed by atoms with Crippen LogP contribution in [0.5, 0.6) is 0 Å². The van der Waals surface area contributed by atoms with E-state index in [9.17, 15) is 9.59 Å². The lowest BCUT2D eigenvalue weighted by atomic mass is 9.94. The maximum absolute atomic E-state index is 12.4. The van der Waals surface area contributed by atoms with E-state index in [1.165, 1.54) is 31.0 Å². The first-order valence-corrected chi connectivity index (χ1v) is 7.67. The zero-order chi connectivity index (χ0) is 15.4. The lowest BCUT2D eigenvalue weighted by molar-refractivity contribution is 0.406. The average Bonchev–Trinajstić information content (AvgIpc) is 2.51. The van der Waals surface area contributed by atoms with Gasteiger partial charge in [0.1, 0.15) is 0 Å². The maximum atomic E-state index is 12.4. The van der Waals surface area contributed by atoms with Crippen LogP contribution in [-0.4, -0.2) is 33.5 Å². The van der Waals surface area contributed by atoms with E-state index in [0.717, 1.165) is 23.8 Å². The molecule has 2 rings (SSSR count). The van der Waals surface area contributed by atoms with Crippen molar-refractivity contribution >= 4 is 5.82 Å². The van der Waals surface area contributed by atoms with E-state index in [2.05, 4.69) is 10.00 Å². The minimum atomic E-state index is -0.397. The second-order valence-electron chi connectivity index (χ2n) is 5.72. The molecule has 1 heterocycles. The lowest BCUT2D eigenvalue weighted by Crippen LogP contribution is -2.47. The Labute approximate surface area is 124 Å². The van der Waals surface area contributed by atoms with Gasteiger partial charge in [-0.3, -0.25) is 9.36 Å². The van der Waals surface area contributed by atoms with Crippen LogP contribution < -0.4 is 21.9 Å². The van der Waals surface area contributed by atoms with E-state index >= 15 is 0 Å². The van der Waals surface area contributed by atoms with Crippen molar-refractivity contribution in [3.8, 4) is 0 Å². The maximum Gasteiger partial charge on any atom is 0.346 e. The summed E-state index contributed by atoms with van der Waals surface area (Å²) in [7, 11) is 3.07. The van der Waals surface area contributed by atoms with E-state index < -0.39 is 5.69 Å². The molecule has 0 radical (unpaired) electrons. The van der Waals surface area contributed by atoms with E-state index in [1.807, 2.05) is 0 Å². The number of aryl methyl sites for hydroxylation is 1. The molecule has 0 atom stereocenters. The summed E-state index contributed by atoms with van der Waals surface area (Å²) in [5, 5.41) is 4.22. The smallest absolute Gasteiger partial charge is 0.346 e. The summed E-state index contributed by atoms with van der Waals surface area (Å²) in [5.41, 5.74) is 4.90. The Morgan fingerprint density at radius 1 is 1.24 bits per heavy atom. The Morgan fingerprint density at radius 2 is 1.90 bits per heavy atom. The van der Waals surface area contributed by atoms with Gasteiger partial charge in [0.15, 0.2) is 0 Å². The first-order chi connectivity index (χ1) is 10.1. The third-order valence-corrected chi connectivity index (χ3v) is 4.20. The van der Waals surface area contributed by atoms with E-state index in [0.29, 0.717) is 24.9 Å². The SMILES string of the molecule is Cn1nc(N(CCCN)C2CCCCC2)c(=O)n(C)c1=O. The molecule has 1 aromatic rings. The highest BCUT2D eigenvalue weighted by Crippen LogP contribution is 2.24. The largest absolute Gasteiger partial charge is 0.348 e. The average molecular weight is 295 g/mol. The summed E-state index contributed by atoms with van der Waals surface area (Å²) in [5.74, 6) is 0.375. The molecular weight excluding hydrogens is 270 g/mol. The van der Waals surface area contributed by atoms with Crippen LogP contribution in [-0.2, 0) is 14.1 Å². The number of hydrogen-bond acceptors (Lipinski definition) is 5. The Balaban J connectivity index is 2.40. The zero-order valence-electron chi connectivity index (χ0n) is 12.9. The van der Waals surface area contributed by atoms with Crippen molar-refractivity contribution in [1.29, 1.82) is 0 Å². The molecule has 1 aromatic heterocycles. The molecule has 1 fully saturated rings. The molecule has 1 saturated carbocycles. The molecule has 0 amide bonds. The molecule has 21 heavy (non-hydrogen) atoms. The van der Waals surface area contributed by atoms with E-state index in [4.69, 9.17) is 5.73 Å². The van der Waals surface area contributed by atoms with Crippen molar-refractivity contribution in [3.63, 3.8) is 0 Å². The fourth-order valence-electron chi connectivity index (χ4n) is 2.98. The van der Waals surface area contributed by atoms with Gasteiger partial charge in [-0.05, 0) is 25.8 Å². The summed E-state index contributed by atoms with van der Waals surface area (Å²) in [4.78, 5) is 26.2. The Kier molecular flexibility index (Phi) is 5.17. The molecule has 1 aliphatic rings. The van der Waals surface area contributed by atoms with Crippen molar-refractivity contribution < 1.29 is 0 Å². The molecule has 0 spiro atoms. The summed E-state index contributed by atoms with van der Waals surface area (Å²) in [6, 6.07) is 0.322. The number of nitrogens with two attached hydrogens (primary N) is 1. The van der Waals surface area contributed by atoms with E-state index in [1.54, 1.807) is 7.05 Å². The topological polar surface area (TPSA) is 86.2 Å². The van der Waals surface area contributed by atoms with E-state index in [-0.39, 0.29) is 5.56 Å². The van der Waals surface area contributed by atoms with Gasteiger partial charge in [-0.15, -0.1) is 5.10 Å². The number of hydrogen-bond donors (Lipinski definition) is 1. The molecule has 0 saturated heterocycles. The van der Waals surface area contributed by atoms with Gasteiger partial charge in [0, 0.05) is 26.7 Å². The minimum absolute atomic E-state index is 0.319. The normalized spacial score (nSPS) is 16.1. The number of aromatic nitrogens is 3. The highest BCUT2D eigenvalue weighted by atomic mass is 16.2. The van der Waals surface area contributed by atoms with Gasteiger partial charge in [-0.25, -0.2) is 9.48 Å². The Morgan fingerprint density at radius 3 is 2.52 bits per heavy atom. The fraction of sp³-hybridized carbons (Fsp3) is 0.786. The second-order valence-corrected chi connectivity index (χ2v) is 5.72. The molecular formula is C14H25N5O2. The zero-order valence-corrected chi connectivity index (χ0v) is 12.9. The van der Waals surface area contributed by atoms with Crippen LogP contribution in [0.4, 0.5) is 5.82 Å². The van der Waals surface area contributed by atoms with Gasteiger partial charge in [0.25, 0.3) is 5.56 Å². The van der Waals surface area contributed by atoms with Gasteiger partial charge in [0.05, 0.1) is 0 Å². The van der Waals surface area contributed by atoms with Crippen molar-refractivity contribution in [2.24, 2.45) is 19.8 Å². The molecule has 0 aromatic carbocycles. The number of rotatable bonds is 5. The number of nitrogens with zero attached hydrogens (tertiary/aromatic N) is 4. The first kappa shape index (κ1) is 15.8. The molecule has 7 heteroatoms. The van der Waals surface area contributed by atoms with Gasteiger partial charge >= 0.3 is 5.69 Å². The van der Waals surface area contributed by atoms with Crippen LogP contribution in [0.15, 0.2) is 9.59 Å². The van der Waals surface area contributed by atoms with Crippen LogP contribution in [0.3, 0.4) is 0 Å². The highest BCUT2D eigenvalue weighted by molar-refractivity contribution is 5.36. The minimum Gasteiger partial charge on any atom is -0.348 e. The van der Waals surface area contributed by atoms with Crippen LogP contribution in [0.2, 0.25) is 0 Å². The van der Waals surface area contributed by atoms with Crippen LogP contribution in [0.25, 0.3) is 0 Å². The molecule has 118 valence electrons. The summed E-state index contributed by atoms with van der Waals surface area (Å²) < 4.78 is 2.36. The predicted octanol–water partition coefficient (Wildman–Crippen LogP) is -0.0331. The summed E-state index contributed by atoms with van der Waals surface area (Å²) >= 11 is 0. The summed E-state index contributed by atoms with van der Waals surface area (Å²) in [6.07, 6.45) is 6.55. The van der Waals surface area contributed by atoms with Crippen LogP contribution in [0.1, 0.15) is 38.5 Å². The lowest BCUT2D eigenvalue weighted by Gasteiger charge is -2.34. The quantitative estimate of drug-likeness (QED) is 0.824. The Bertz CT molecular complexity index is 586. The molecule has 2 N–H and O–H groups in total. The molecule has 0 unspecified atom stereocenters. The predicted molar refractivity (Wildman–Crippen MR) is 82.6 cm³/mol. The first-order valence-electron chi connectivity index (χ1n) is 7.67. The van der Waals surface area contributed by atoms with Crippen molar-refractivity contribution in [2.45, 2.75) is 44.6 Å². The van der Waals surface area contributed by atoms with Gasteiger partial charge < -0.3 is 10.6 Å². The van der Waals surface area contributed by atoms with Gasteiger partial charge in [0.2, 0.25) is 5.82 Å². The van der Waals surface area contributed by atoms with Crippen LogP contribution in [0, 0.1) is 0 Å². The highest BCUT2D eigenvalue weighted by Gasteiger charge is 2.25. The van der Waals surface area contributed by atoms with Gasteiger partial charge in [-0.2, -0.15) is 0 Å². The second kappa shape index (κ2) is 6.89. The summed E-state index contributed by atoms with van der Waals surface area (Å²) in [6.45, 7) is 1.29. The third kappa shape index (κ3) is 3.34. The van der Waals surface area contributed by atoms with Crippen molar-refractivity contribution in [3.05, 3.63) is 20.8 Å². The van der Waals surface area contributed by atoms with Crippen molar-refractivity contribution in [1.82, 2.24) is 14.3 Å². The Hall–Kier alpha value is -1.63. The fourth-order valence-corrected chi connectivity index (χ4v) is 2.98. The molecule has 0 aliphatic heterocycles. The van der Waals surface area contributed by atoms with Gasteiger partial charge in [-0.1, -0.05) is 19.3 Å². The monoisotopic (exact) mass is 295 g/mol. The molecule has 1 aliphatic carbocycles.